The first-order valence-corrected chi connectivity index (χ1v) is 32.5. The monoisotopic (exact) mass is 1020 g/mol. The quantitative estimate of drug-likeness (QED) is 0.0261. The van der Waals surface area contributed by atoms with E-state index in [1.54, 1.807) is 0 Å². The standard InChI is InChI=1S/C67H124O6/c1-4-7-10-13-16-19-22-25-28-31-34-37-39-42-45-48-51-54-57-60-66(69)72-63-64(73-67(70)61-58-55-52-49-46-43-40-36-33-30-27-24-21-18-15-12-9-6-3)62-71-65(68)59-56-53-50-47-44-41-38-35-32-29-26-23-20-17-14-11-8-5-2/h16,19,25,28,34,37,64H,4-15,17-18,20-24,26-27,29-33,35-36,38-63H2,1-3H3/b19-16-,28-25-,37-34-. The van der Waals surface area contributed by atoms with Crippen molar-refractivity contribution >= 4 is 17.9 Å². The second-order valence-corrected chi connectivity index (χ2v) is 22.0. The van der Waals surface area contributed by atoms with Gasteiger partial charge in [-0.15, -0.1) is 0 Å². The molecule has 1 unspecified atom stereocenters. The molecule has 0 aromatic rings. The summed E-state index contributed by atoms with van der Waals surface area (Å²) in [4.78, 5) is 38.3. The average Bonchev–Trinajstić information content (AvgIpc) is 3.39. The highest BCUT2D eigenvalue weighted by molar-refractivity contribution is 5.71. The van der Waals surface area contributed by atoms with Crippen LogP contribution in [0.1, 0.15) is 355 Å². The molecular formula is C67H124O6. The van der Waals surface area contributed by atoms with Crippen molar-refractivity contribution in [1.82, 2.24) is 0 Å². The van der Waals surface area contributed by atoms with E-state index >= 15 is 0 Å². The fraction of sp³-hybridized carbons (Fsp3) is 0.866. The lowest BCUT2D eigenvalue weighted by molar-refractivity contribution is -0.167. The molecule has 6 heteroatoms. The van der Waals surface area contributed by atoms with Crippen molar-refractivity contribution in [2.45, 2.75) is 361 Å². The Kier molecular flexibility index (Phi) is 60.2. The number of esters is 3. The Labute approximate surface area is 455 Å². The Morgan fingerprint density at radius 3 is 0.795 bits per heavy atom. The molecular weight excluding hydrogens is 901 g/mol. The van der Waals surface area contributed by atoms with Gasteiger partial charge in [0.25, 0.3) is 0 Å². The van der Waals surface area contributed by atoms with Gasteiger partial charge in [-0.25, -0.2) is 0 Å². The van der Waals surface area contributed by atoms with Gasteiger partial charge in [0.2, 0.25) is 0 Å². The third-order valence-electron chi connectivity index (χ3n) is 14.6. The van der Waals surface area contributed by atoms with Gasteiger partial charge in [0.15, 0.2) is 6.10 Å². The second-order valence-electron chi connectivity index (χ2n) is 22.0. The molecule has 428 valence electrons. The third-order valence-corrected chi connectivity index (χ3v) is 14.6. The van der Waals surface area contributed by atoms with Gasteiger partial charge in [-0.3, -0.25) is 14.4 Å². The van der Waals surface area contributed by atoms with Crippen LogP contribution in [0.25, 0.3) is 0 Å². The normalized spacial score (nSPS) is 12.2. The van der Waals surface area contributed by atoms with E-state index in [-0.39, 0.29) is 31.1 Å². The topological polar surface area (TPSA) is 78.9 Å². The van der Waals surface area contributed by atoms with E-state index < -0.39 is 6.10 Å². The number of carbonyl (C=O) groups excluding carboxylic acids is 3. The molecule has 0 rings (SSSR count). The molecule has 0 bridgehead atoms. The number of rotatable bonds is 60. The Morgan fingerprint density at radius 2 is 0.493 bits per heavy atom. The van der Waals surface area contributed by atoms with Gasteiger partial charge in [-0.05, 0) is 57.8 Å². The molecule has 0 aliphatic heterocycles. The van der Waals surface area contributed by atoms with Crippen LogP contribution >= 0.6 is 0 Å². The van der Waals surface area contributed by atoms with Crippen molar-refractivity contribution in [2.24, 2.45) is 0 Å². The molecule has 0 radical (unpaired) electrons. The molecule has 73 heavy (non-hydrogen) atoms. The molecule has 6 nitrogen and oxygen atoms in total. The smallest absolute Gasteiger partial charge is 0.306 e. The summed E-state index contributed by atoms with van der Waals surface area (Å²) in [6.07, 6.45) is 75.7. The number of allylic oxidation sites excluding steroid dienone is 6. The zero-order chi connectivity index (χ0) is 52.9. The number of ether oxygens (including phenoxy) is 3. The van der Waals surface area contributed by atoms with Crippen molar-refractivity contribution in [3.63, 3.8) is 0 Å². The first kappa shape index (κ1) is 70.6. The largest absolute Gasteiger partial charge is 0.462 e. The van der Waals surface area contributed by atoms with E-state index in [1.165, 1.54) is 238 Å². The maximum Gasteiger partial charge on any atom is 0.306 e. The Bertz CT molecular complexity index is 1220. The van der Waals surface area contributed by atoms with E-state index in [0.717, 1.165) is 77.0 Å². The maximum absolute atomic E-state index is 12.9. The first-order valence-electron chi connectivity index (χ1n) is 32.5. The Hall–Kier alpha value is -2.37. The summed E-state index contributed by atoms with van der Waals surface area (Å²) < 4.78 is 17.0. The lowest BCUT2D eigenvalue weighted by Gasteiger charge is -2.18. The van der Waals surface area contributed by atoms with Crippen molar-refractivity contribution in [2.75, 3.05) is 13.2 Å². The summed E-state index contributed by atoms with van der Waals surface area (Å²) in [6.45, 7) is 6.67. The lowest BCUT2D eigenvalue weighted by atomic mass is 10.0. The van der Waals surface area contributed by atoms with Crippen molar-refractivity contribution in [3.05, 3.63) is 36.5 Å². The lowest BCUT2D eigenvalue weighted by Crippen LogP contribution is -2.30. The van der Waals surface area contributed by atoms with Crippen LogP contribution in [0.2, 0.25) is 0 Å². The van der Waals surface area contributed by atoms with Crippen LogP contribution in [0.15, 0.2) is 36.5 Å². The molecule has 0 fully saturated rings. The second kappa shape index (κ2) is 62.2. The van der Waals surface area contributed by atoms with Crippen LogP contribution in [0, 0.1) is 0 Å². The zero-order valence-electron chi connectivity index (χ0n) is 49.2. The molecule has 0 heterocycles. The third kappa shape index (κ3) is 60.4. The van der Waals surface area contributed by atoms with Crippen LogP contribution in [0.5, 0.6) is 0 Å². The van der Waals surface area contributed by atoms with Gasteiger partial charge in [0.05, 0.1) is 0 Å². The Balaban J connectivity index is 4.34. The van der Waals surface area contributed by atoms with Gasteiger partial charge in [-0.2, -0.15) is 0 Å². The van der Waals surface area contributed by atoms with Crippen LogP contribution in [-0.2, 0) is 28.6 Å². The number of carbonyl (C=O) groups is 3. The summed E-state index contributed by atoms with van der Waals surface area (Å²) in [6, 6.07) is 0. The van der Waals surface area contributed by atoms with E-state index in [9.17, 15) is 14.4 Å². The van der Waals surface area contributed by atoms with Gasteiger partial charge < -0.3 is 14.2 Å². The summed E-state index contributed by atoms with van der Waals surface area (Å²) in [5.74, 6) is -0.856. The predicted molar refractivity (Wildman–Crippen MR) is 316 cm³/mol. The molecule has 1 atom stereocenters. The summed E-state index contributed by atoms with van der Waals surface area (Å²) in [7, 11) is 0. The van der Waals surface area contributed by atoms with E-state index in [0.29, 0.717) is 19.3 Å². The molecule has 0 saturated carbocycles. The highest BCUT2D eigenvalue weighted by atomic mass is 16.6. The number of hydrogen-bond acceptors (Lipinski definition) is 6. The van der Waals surface area contributed by atoms with Gasteiger partial charge >= 0.3 is 17.9 Å². The highest BCUT2D eigenvalue weighted by Crippen LogP contribution is 2.18. The van der Waals surface area contributed by atoms with E-state index in [2.05, 4.69) is 57.2 Å². The maximum atomic E-state index is 12.9. The highest BCUT2D eigenvalue weighted by Gasteiger charge is 2.19. The molecule has 0 N–H and O–H groups in total. The van der Waals surface area contributed by atoms with E-state index in [4.69, 9.17) is 14.2 Å². The molecule has 0 aliphatic carbocycles. The molecule has 0 saturated heterocycles. The molecule has 0 aliphatic rings. The summed E-state index contributed by atoms with van der Waals surface area (Å²) >= 11 is 0. The molecule has 0 spiro atoms. The summed E-state index contributed by atoms with van der Waals surface area (Å²) in [5, 5.41) is 0. The van der Waals surface area contributed by atoms with Gasteiger partial charge in [0, 0.05) is 19.3 Å². The molecule has 0 aromatic carbocycles. The minimum Gasteiger partial charge on any atom is -0.462 e. The first-order chi connectivity index (χ1) is 36.0. The van der Waals surface area contributed by atoms with E-state index in [1.807, 2.05) is 0 Å². The van der Waals surface area contributed by atoms with Crippen molar-refractivity contribution < 1.29 is 28.6 Å². The Morgan fingerprint density at radius 1 is 0.274 bits per heavy atom. The van der Waals surface area contributed by atoms with Crippen molar-refractivity contribution in [1.29, 1.82) is 0 Å². The average molecular weight is 1030 g/mol. The van der Waals surface area contributed by atoms with Gasteiger partial charge in [0.1, 0.15) is 13.2 Å². The minimum absolute atomic E-state index is 0.0707. The van der Waals surface area contributed by atoms with Crippen LogP contribution in [0.3, 0.4) is 0 Å². The van der Waals surface area contributed by atoms with Crippen LogP contribution < -0.4 is 0 Å². The van der Waals surface area contributed by atoms with Crippen molar-refractivity contribution in [3.8, 4) is 0 Å². The SMILES string of the molecule is CCCCC/C=C\C/C=C\C/C=C\CCCCCCCCC(=O)OCC(COC(=O)CCCCCCCCCCCCCCCCCCCC)OC(=O)CCCCCCCCCCCCCCCCCCCC. The molecule has 0 amide bonds. The zero-order valence-corrected chi connectivity index (χ0v) is 49.2. The molecule has 0 aromatic heterocycles. The minimum atomic E-state index is -0.774. The number of hydrogen-bond donors (Lipinski definition) is 0. The fourth-order valence-electron chi connectivity index (χ4n) is 9.75. The summed E-state index contributed by atoms with van der Waals surface area (Å²) in [5.41, 5.74) is 0. The number of unbranched alkanes of at least 4 members (excludes halogenated alkanes) is 43. The van der Waals surface area contributed by atoms with Gasteiger partial charge in [-0.1, -0.05) is 314 Å². The fourth-order valence-corrected chi connectivity index (χ4v) is 9.75. The van der Waals surface area contributed by atoms with Crippen LogP contribution in [0.4, 0.5) is 0 Å². The van der Waals surface area contributed by atoms with Crippen LogP contribution in [-0.4, -0.2) is 37.2 Å². The predicted octanol–water partition coefficient (Wildman–Crippen LogP) is 22.0.